The van der Waals surface area contributed by atoms with E-state index in [1.165, 1.54) is 0 Å². The van der Waals surface area contributed by atoms with Gasteiger partial charge in [-0.1, -0.05) is 24.3 Å². The Kier molecular flexibility index (Phi) is 9.59. The van der Waals surface area contributed by atoms with Crippen LogP contribution in [0.2, 0.25) is 0 Å². The second-order valence-electron chi connectivity index (χ2n) is 6.13. The number of hydrogen-bond donors (Lipinski definition) is 2. The van der Waals surface area contributed by atoms with Crippen molar-refractivity contribution in [3.05, 3.63) is 54.4 Å². The Morgan fingerprint density at radius 3 is 2.27 bits per heavy atom. The molecule has 1 aromatic heterocycles. The highest BCUT2D eigenvalue weighted by molar-refractivity contribution is 5.85. The summed E-state index contributed by atoms with van der Waals surface area (Å²) < 4.78 is 5.32. The summed E-state index contributed by atoms with van der Waals surface area (Å²) in [7, 11) is 0. The lowest BCUT2D eigenvalue weighted by molar-refractivity contribution is -0.124. The predicted molar refractivity (Wildman–Crippen MR) is 108 cm³/mol. The van der Waals surface area contributed by atoms with Gasteiger partial charge in [0.25, 0.3) is 0 Å². The molecule has 142 valence electrons. The van der Waals surface area contributed by atoms with Gasteiger partial charge >= 0.3 is 0 Å². The molecular formula is C19H25Cl2N3O2. The minimum absolute atomic E-state index is 0. The van der Waals surface area contributed by atoms with Crippen LogP contribution in [0.15, 0.2) is 48.8 Å². The molecule has 1 saturated heterocycles. The van der Waals surface area contributed by atoms with Crippen LogP contribution in [0, 0.1) is 5.92 Å². The summed E-state index contributed by atoms with van der Waals surface area (Å²) in [4.78, 5) is 16.2. The number of aromatic nitrogens is 1. The topological polar surface area (TPSA) is 77.2 Å². The molecule has 26 heavy (non-hydrogen) atoms. The van der Waals surface area contributed by atoms with Crippen LogP contribution in [0.3, 0.4) is 0 Å². The van der Waals surface area contributed by atoms with E-state index in [4.69, 9.17) is 10.5 Å². The van der Waals surface area contributed by atoms with Crippen LogP contribution in [0.4, 0.5) is 0 Å². The molecule has 0 bridgehead atoms. The van der Waals surface area contributed by atoms with Crippen molar-refractivity contribution in [2.75, 3.05) is 13.2 Å². The first-order valence-corrected chi connectivity index (χ1v) is 8.34. The number of nitrogens with zero attached hydrogens (tertiary/aromatic N) is 1. The zero-order valence-corrected chi connectivity index (χ0v) is 16.1. The first kappa shape index (κ1) is 22.4. The molecule has 1 fully saturated rings. The molecule has 2 aromatic rings. The van der Waals surface area contributed by atoms with Gasteiger partial charge in [0, 0.05) is 32.2 Å². The van der Waals surface area contributed by atoms with Crippen molar-refractivity contribution in [3.63, 3.8) is 0 Å². The average Bonchev–Trinajstić information content (AvgIpc) is 2.67. The van der Waals surface area contributed by atoms with E-state index in [0.29, 0.717) is 19.8 Å². The second kappa shape index (κ2) is 11.1. The van der Waals surface area contributed by atoms with Crippen molar-refractivity contribution in [2.45, 2.75) is 25.4 Å². The number of amides is 1. The first-order chi connectivity index (χ1) is 11.7. The van der Waals surface area contributed by atoms with Gasteiger partial charge in [0.05, 0.1) is 6.04 Å². The van der Waals surface area contributed by atoms with Crippen LogP contribution in [-0.4, -0.2) is 30.1 Å². The smallest absolute Gasteiger partial charge is 0.237 e. The number of carbonyl (C=O) groups excluding carboxylic acids is 1. The lowest BCUT2D eigenvalue weighted by atomic mass is 9.92. The van der Waals surface area contributed by atoms with Crippen LogP contribution >= 0.6 is 24.8 Å². The molecule has 3 rings (SSSR count). The Labute approximate surface area is 166 Å². The zero-order chi connectivity index (χ0) is 16.8. The number of hydrogen-bond acceptors (Lipinski definition) is 4. The molecule has 0 radical (unpaired) electrons. The van der Waals surface area contributed by atoms with Gasteiger partial charge in [-0.05, 0) is 47.6 Å². The van der Waals surface area contributed by atoms with E-state index in [1.54, 1.807) is 12.4 Å². The van der Waals surface area contributed by atoms with Crippen LogP contribution in [0.1, 0.15) is 18.4 Å². The van der Waals surface area contributed by atoms with Gasteiger partial charge in [0.1, 0.15) is 0 Å². The minimum atomic E-state index is -0.454. The van der Waals surface area contributed by atoms with Crippen LogP contribution in [-0.2, 0) is 16.1 Å². The maximum Gasteiger partial charge on any atom is 0.237 e. The van der Waals surface area contributed by atoms with Gasteiger partial charge in [0.2, 0.25) is 5.91 Å². The van der Waals surface area contributed by atoms with Gasteiger partial charge in [-0.3, -0.25) is 9.78 Å². The Bertz CT molecular complexity index is 662. The molecule has 0 spiro atoms. The Morgan fingerprint density at radius 1 is 1.08 bits per heavy atom. The average molecular weight is 398 g/mol. The van der Waals surface area contributed by atoms with Crippen LogP contribution < -0.4 is 11.1 Å². The summed E-state index contributed by atoms with van der Waals surface area (Å²) in [5, 5.41) is 2.94. The highest BCUT2D eigenvalue weighted by atomic mass is 35.5. The molecule has 0 aliphatic carbocycles. The maximum atomic E-state index is 12.2. The standard InChI is InChI=1S/C19H23N3O2.2ClH/c20-18(17-7-11-24-12-8-17)19(23)22-13-14-1-3-15(4-2-14)16-5-9-21-10-6-16;;/h1-6,9-10,17-18H,7-8,11-13,20H2,(H,22,23);2*1H. The van der Waals surface area contributed by atoms with Crippen molar-refractivity contribution in [3.8, 4) is 11.1 Å². The quantitative estimate of drug-likeness (QED) is 0.812. The number of ether oxygens (including phenoxy) is 1. The Balaban J connectivity index is 0.00000169. The third kappa shape index (κ3) is 5.95. The third-order valence-corrected chi connectivity index (χ3v) is 4.51. The van der Waals surface area contributed by atoms with Crippen molar-refractivity contribution in [1.29, 1.82) is 0 Å². The van der Waals surface area contributed by atoms with Crippen molar-refractivity contribution < 1.29 is 9.53 Å². The molecule has 3 N–H and O–H groups in total. The van der Waals surface area contributed by atoms with Crippen molar-refractivity contribution in [1.82, 2.24) is 10.3 Å². The highest BCUT2D eigenvalue weighted by Gasteiger charge is 2.26. The van der Waals surface area contributed by atoms with Gasteiger partial charge in [0.15, 0.2) is 0 Å². The second-order valence-corrected chi connectivity index (χ2v) is 6.13. The number of nitrogens with one attached hydrogen (secondary N) is 1. The summed E-state index contributed by atoms with van der Waals surface area (Å²) in [6.45, 7) is 1.89. The molecule has 2 heterocycles. The minimum Gasteiger partial charge on any atom is -0.381 e. The lowest BCUT2D eigenvalue weighted by Gasteiger charge is -2.26. The van der Waals surface area contributed by atoms with E-state index in [9.17, 15) is 4.79 Å². The largest absolute Gasteiger partial charge is 0.381 e. The number of rotatable bonds is 5. The van der Waals surface area contributed by atoms with E-state index < -0.39 is 6.04 Å². The molecule has 0 saturated carbocycles. The summed E-state index contributed by atoms with van der Waals surface area (Å²) >= 11 is 0. The van der Waals surface area contributed by atoms with Crippen LogP contribution in [0.25, 0.3) is 11.1 Å². The number of nitrogens with two attached hydrogens (primary N) is 1. The Morgan fingerprint density at radius 2 is 1.65 bits per heavy atom. The van der Waals surface area contributed by atoms with Gasteiger partial charge in [-0.2, -0.15) is 0 Å². The van der Waals surface area contributed by atoms with E-state index in [2.05, 4.69) is 22.4 Å². The molecule has 1 amide bonds. The number of halogens is 2. The molecule has 1 unspecified atom stereocenters. The fourth-order valence-electron chi connectivity index (χ4n) is 2.96. The molecule has 7 heteroatoms. The molecule has 1 aromatic carbocycles. The summed E-state index contributed by atoms with van der Waals surface area (Å²) in [6.07, 6.45) is 5.27. The van der Waals surface area contributed by atoms with E-state index in [0.717, 1.165) is 29.5 Å². The monoisotopic (exact) mass is 397 g/mol. The number of pyridine rings is 1. The van der Waals surface area contributed by atoms with Gasteiger partial charge < -0.3 is 15.8 Å². The molecule has 1 aliphatic rings. The Hall–Kier alpha value is -1.66. The van der Waals surface area contributed by atoms with E-state index in [-0.39, 0.29) is 36.6 Å². The fraction of sp³-hybridized carbons (Fsp3) is 0.368. The number of benzene rings is 1. The SMILES string of the molecule is Cl.Cl.NC(C(=O)NCc1ccc(-c2ccncc2)cc1)C1CCOCC1. The maximum absolute atomic E-state index is 12.2. The fourth-order valence-corrected chi connectivity index (χ4v) is 2.96. The zero-order valence-electron chi connectivity index (χ0n) is 14.5. The van der Waals surface area contributed by atoms with E-state index in [1.807, 2.05) is 24.3 Å². The highest BCUT2D eigenvalue weighted by Crippen LogP contribution is 2.19. The van der Waals surface area contributed by atoms with Crippen molar-refractivity contribution in [2.24, 2.45) is 11.7 Å². The lowest BCUT2D eigenvalue weighted by Crippen LogP contribution is -2.46. The van der Waals surface area contributed by atoms with Crippen molar-refractivity contribution >= 4 is 30.7 Å². The molecule has 5 nitrogen and oxygen atoms in total. The van der Waals surface area contributed by atoms with Gasteiger partial charge in [-0.25, -0.2) is 0 Å². The summed E-state index contributed by atoms with van der Waals surface area (Å²) in [5.41, 5.74) is 9.40. The van der Waals surface area contributed by atoms with Gasteiger partial charge in [-0.15, -0.1) is 24.8 Å². The van der Waals surface area contributed by atoms with Crippen LogP contribution in [0.5, 0.6) is 0 Å². The summed E-state index contributed by atoms with van der Waals surface area (Å²) in [6, 6.07) is 11.6. The van der Waals surface area contributed by atoms with E-state index >= 15 is 0 Å². The first-order valence-electron chi connectivity index (χ1n) is 8.34. The molecular weight excluding hydrogens is 373 g/mol. The number of carbonyl (C=O) groups is 1. The molecule has 1 atom stereocenters. The summed E-state index contributed by atoms with van der Waals surface area (Å²) in [5.74, 6) is 0.132. The normalized spacial score (nSPS) is 15.3. The molecule has 1 aliphatic heterocycles. The predicted octanol–water partition coefficient (Wildman–Crippen LogP) is 2.96. The third-order valence-electron chi connectivity index (χ3n) is 4.51.